The zero-order valence-electron chi connectivity index (χ0n) is 11.8. The van der Waals surface area contributed by atoms with Gasteiger partial charge in [-0.05, 0) is 43.5 Å². The lowest BCUT2D eigenvalue weighted by atomic mass is 10.1. The molecule has 112 valence electrons. The average Bonchev–Trinajstić information content (AvgIpc) is 2.93. The van der Waals surface area contributed by atoms with E-state index in [-0.39, 0.29) is 0 Å². The van der Waals surface area contributed by atoms with Crippen LogP contribution in [0.2, 0.25) is 0 Å². The Hall–Kier alpha value is -0.950. The van der Waals surface area contributed by atoms with Crippen molar-refractivity contribution in [2.24, 2.45) is 5.92 Å². The first-order valence-corrected chi connectivity index (χ1v) is 8.41. The van der Waals surface area contributed by atoms with Crippen LogP contribution < -0.4 is 10.0 Å². The van der Waals surface area contributed by atoms with E-state index in [0.717, 1.165) is 38.2 Å². The van der Waals surface area contributed by atoms with Crippen molar-refractivity contribution in [2.75, 3.05) is 26.8 Å². The van der Waals surface area contributed by atoms with E-state index in [4.69, 9.17) is 4.74 Å². The fraction of sp³-hybridized carbons (Fsp3) is 0.571. The van der Waals surface area contributed by atoms with E-state index in [1.54, 1.807) is 12.1 Å². The Morgan fingerprint density at radius 1 is 1.30 bits per heavy atom. The maximum atomic E-state index is 12.1. The van der Waals surface area contributed by atoms with Gasteiger partial charge in [-0.3, -0.25) is 0 Å². The molecule has 20 heavy (non-hydrogen) atoms. The fourth-order valence-electron chi connectivity index (χ4n) is 2.28. The maximum absolute atomic E-state index is 12.1. The second-order valence-electron chi connectivity index (χ2n) is 5.09. The van der Waals surface area contributed by atoms with E-state index >= 15 is 0 Å². The van der Waals surface area contributed by atoms with Crippen LogP contribution in [-0.4, -0.2) is 35.2 Å². The van der Waals surface area contributed by atoms with Crippen LogP contribution in [0.3, 0.4) is 0 Å². The first kappa shape index (κ1) is 15.4. The second-order valence-corrected chi connectivity index (χ2v) is 6.86. The van der Waals surface area contributed by atoms with Crippen molar-refractivity contribution >= 4 is 10.0 Å². The predicted molar refractivity (Wildman–Crippen MR) is 77.9 cm³/mol. The number of ether oxygens (including phenoxy) is 1. The first-order chi connectivity index (χ1) is 9.62. The third-order valence-corrected chi connectivity index (χ3v) is 4.96. The zero-order valence-corrected chi connectivity index (χ0v) is 12.6. The largest absolute Gasteiger partial charge is 0.381 e. The molecule has 1 atom stereocenters. The summed E-state index contributed by atoms with van der Waals surface area (Å²) in [5.74, 6) is 0.482. The highest BCUT2D eigenvalue weighted by Gasteiger charge is 2.18. The summed E-state index contributed by atoms with van der Waals surface area (Å²) in [4.78, 5) is 0.319. The van der Waals surface area contributed by atoms with Crippen LogP contribution >= 0.6 is 0 Å². The summed E-state index contributed by atoms with van der Waals surface area (Å²) in [5, 5.41) is 3.03. The zero-order chi connectivity index (χ0) is 14.4. The van der Waals surface area contributed by atoms with E-state index in [2.05, 4.69) is 10.0 Å². The molecule has 0 bridgehead atoms. The van der Waals surface area contributed by atoms with Gasteiger partial charge in [0.25, 0.3) is 0 Å². The van der Waals surface area contributed by atoms with Crippen molar-refractivity contribution in [2.45, 2.75) is 24.3 Å². The Balaban J connectivity index is 1.88. The predicted octanol–water partition coefficient (Wildman–Crippen LogP) is 1.11. The average molecular weight is 298 g/mol. The Morgan fingerprint density at radius 3 is 2.65 bits per heavy atom. The van der Waals surface area contributed by atoms with Gasteiger partial charge in [-0.25, -0.2) is 13.1 Å². The highest BCUT2D eigenvalue weighted by atomic mass is 32.2. The van der Waals surface area contributed by atoms with Crippen molar-refractivity contribution in [1.82, 2.24) is 10.0 Å². The molecule has 1 heterocycles. The van der Waals surface area contributed by atoms with Crippen LogP contribution in [0.15, 0.2) is 29.2 Å². The van der Waals surface area contributed by atoms with Crippen molar-refractivity contribution in [3.05, 3.63) is 29.8 Å². The van der Waals surface area contributed by atoms with Gasteiger partial charge in [-0.15, -0.1) is 0 Å². The summed E-state index contributed by atoms with van der Waals surface area (Å²) in [5.41, 5.74) is 1.06. The van der Waals surface area contributed by atoms with Gasteiger partial charge in [0.1, 0.15) is 0 Å². The number of hydrogen-bond donors (Lipinski definition) is 2. The third-order valence-electron chi connectivity index (χ3n) is 3.48. The standard InChI is InChI=1S/C14H22N2O3S/c1-15-10-12-2-4-14(5-3-12)20(17,18)16-8-6-13-7-9-19-11-13/h2-5,13,15-16H,6-11H2,1H3. The van der Waals surface area contributed by atoms with Gasteiger partial charge in [0.05, 0.1) is 4.90 Å². The minimum Gasteiger partial charge on any atom is -0.381 e. The van der Waals surface area contributed by atoms with Crippen LogP contribution in [0.1, 0.15) is 18.4 Å². The topological polar surface area (TPSA) is 67.4 Å². The summed E-state index contributed by atoms with van der Waals surface area (Å²) in [6, 6.07) is 6.95. The molecule has 1 aromatic carbocycles. The summed E-state index contributed by atoms with van der Waals surface area (Å²) < 4.78 is 32.2. The molecule has 1 aliphatic heterocycles. The molecule has 1 aromatic rings. The number of sulfonamides is 1. The summed E-state index contributed by atoms with van der Waals surface area (Å²) >= 11 is 0. The number of nitrogens with one attached hydrogen (secondary N) is 2. The second kappa shape index (κ2) is 7.17. The lowest BCUT2D eigenvalue weighted by molar-refractivity contribution is 0.184. The molecule has 1 unspecified atom stereocenters. The van der Waals surface area contributed by atoms with E-state index < -0.39 is 10.0 Å². The SMILES string of the molecule is CNCc1ccc(S(=O)(=O)NCCC2CCOC2)cc1. The quantitative estimate of drug-likeness (QED) is 0.791. The van der Waals surface area contributed by atoms with Gasteiger partial charge in [0.2, 0.25) is 10.0 Å². The van der Waals surface area contributed by atoms with Gasteiger partial charge in [-0.2, -0.15) is 0 Å². The molecule has 0 amide bonds. The van der Waals surface area contributed by atoms with E-state index in [9.17, 15) is 8.42 Å². The molecule has 2 N–H and O–H groups in total. The smallest absolute Gasteiger partial charge is 0.240 e. The highest BCUT2D eigenvalue weighted by molar-refractivity contribution is 7.89. The number of hydrogen-bond acceptors (Lipinski definition) is 4. The molecular weight excluding hydrogens is 276 g/mol. The molecule has 1 fully saturated rings. The fourth-order valence-corrected chi connectivity index (χ4v) is 3.33. The summed E-state index contributed by atoms with van der Waals surface area (Å²) in [7, 11) is -1.53. The normalized spacial score (nSPS) is 19.4. The lowest BCUT2D eigenvalue weighted by Gasteiger charge is -2.10. The molecule has 0 aliphatic carbocycles. The molecular formula is C14H22N2O3S. The van der Waals surface area contributed by atoms with Gasteiger partial charge in [-0.1, -0.05) is 12.1 Å². The van der Waals surface area contributed by atoms with Gasteiger partial charge in [0, 0.05) is 26.3 Å². The molecule has 5 nitrogen and oxygen atoms in total. The Labute approximate surface area is 120 Å². The molecule has 0 spiro atoms. The van der Waals surface area contributed by atoms with Crippen molar-refractivity contribution < 1.29 is 13.2 Å². The van der Waals surface area contributed by atoms with Crippen LogP contribution in [0, 0.1) is 5.92 Å². The maximum Gasteiger partial charge on any atom is 0.240 e. The summed E-state index contributed by atoms with van der Waals surface area (Å²) in [6.07, 6.45) is 1.86. The van der Waals surface area contributed by atoms with E-state index in [1.165, 1.54) is 0 Å². The minimum absolute atomic E-state index is 0.319. The molecule has 1 saturated heterocycles. The molecule has 0 saturated carbocycles. The van der Waals surface area contributed by atoms with E-state index in [1.807, 2.05) is 19.2 Å². The first-order valence-electron chi connectivity index (χ1n) is 6.93. The Kier molecular flexibility index (Phi) is 5.54. The molecule has 1 aliphatic rings. The van der Waals surface area contributed by atoms with E-state index in [0.29, 0.717) is 17.4 Å². The third kappa shape index (κ3) is 4.28. The monoisotopic (exact) mass is 298 g/mol. The Bertz CT molecular complexity index is 508. The molecule has 2 rings (SSSR count). The lowest BCUT2D eigenvalue weighted by Crippen LogP contribution is -2.26. The highest BCUT2D eigenvalue weighted by Crippen LogP contribution is 2.16. The summed E-state index contributed by atoms with van der Waals surface area (Å²) in [6.45, 7) is 2.74. The van der Waals surface area contributed by atoms with Crippen molar-refractivity contribution in [3.63, 3.8) is 0 Å². The molecule has 0 aromatic heterocycles. The van der Waals surface area contributed by atoms with Crippen LogP contribution in [0.4, 0.5) is 0 Å². The van der Waals surface area contributed by atoms with Gasteiger partial charge in [0.15, 0.2) is 0 Å². The van der Waals surface area contributed by atoms with Gasteiger partial charge < -0.3 is 10.1 Å². The molecule has 0 radical (unpaired) electrons. The minimum atomic E-state index is -3.39. The van der Waals surface area contributed by atoms with Gasteiger partial charge >= 0.3 is 0 Å². The van der Waals surface area contributed by atoms with Crippen LogP contribution in [-0.2, 0) is 21.3 Å². The molecule has 6 heteroatoms. The van der Waals surface area contributed by atoms with Crippen molar-refractivity contribution in [1.29, 1.82) is 0 Å². The number of benzene rings is 1. The van der Waals surface area contributed by atoms with Crippen LogP contribution in [0.25, 0.3) is 0 Å². The van der Waals surface area contributed by atoms with Crippen LogP contribution in [0.5, 0.6) is 0 Å². The van der Waals surface area contributed by atoms with Crippen molar-refractivity contribution in [3.8, 4) is 0 Å². The number of rotatable bonds is 7. The Morgan fingerprint density at radius 2 is 2.05 bits per heavy atom.